The average molecular weight is 470 g/mol. The Kier molecular flexibility index (Phi) is 10.9. The van der Waals surface area contributed by atoms with Crippen LogP contribution in [0.5, 0.6) is 0 Å². The van der Waals surface area contributed by atoms with Crippen LogP contribution in [0.25, 0.3) is 5.69 Å². The van der Waals surface area contributed by atoms with E-state index in [4.69, 9.17) is 0 Å². The van der Waals surface area contributed by atoms with E-state index in [0.29, 0.717) is 0 Å². The van der Waals surface area contributed by atoms with Gasteiger partial charge in [0, 0.05) is 55.8 Å². The van der Waals surface area contributed by atoms with Crippen LogP contribution in [0.15, 0.2) is 109 Å². The maximum absolute atomic E-state index is 2.25. The Bertz CT molecular complexity index is 976. The highest BCUT2D eigenvalue weighted by Gasteiger charge is 2.06. The minimum absolute atomic E-state index is 0. The molecule has 0 amide bonds. The van der Waals surface area contributed by atoms with E-state index in [1.165, 1.54) is 22.6 Å². The van der Waals surface area contributed by atoms with Crippen molar-refractivity contribution in [3.63, 3.8) is 0 Å². The Labute approximate surface area is 190 Å². The van der Waals surface area contributed by atoms with Crippen molar-refractivity contribution in [1.29, 1.82) is 0 Å². The highest BCUT2D eigenvalue weighted by Crippen LogP contribution is 2.00. The topological polar surface area (TPSA) is 7.76 Å². The quantitative estimate of drug-likeness (QED) is 0.327. The zero-order valence-electron chi connectivity index (χ0n) is 16.7. The highest BCUT2D eigenvalue weighted by atomic mass is 79.9. The fourth-order valence-electron chi connectivity index (χ4n) is 2.93. The second-order valence-electron chi connectivity index (χ2n) is 6.50. The molecule has 0 radical (unpaired) electrons. The normalized spacial score (nSPS) is 9.31. The number of aromatic nitrogens is 2. The molecule has 2 aromatic carbocycles. The molecule has 0 atom stereocenters. The second kappa shape index (κ2) is 12.9. The van der Waals surface area contributed by atoms with Gasteiger partial charge in [0.05, 0.1) is 0 Å². The molecule has 4 aromatic rings. The first-order chi connectivity index (χ1) is 13.2. The first kappa shape index (κ1) is 24.5. The van der Waals surface area contributed by atoms with Gasteiger partial charge in [-0.1, -0.05) is 60.7 Å². The van der Waals surface area contributed by atoms with E-state index >= 15 is 0 Å². The van der Waals surface area contributed by atoms with E-state index in [1.807, 2.05) is 18.2 Å². The lowest BCUT2D eigenvalue weighted by molar-refractivity contribution is -0.694. The van der Waals surface area contributed by atoms with Crippen molar-refractivity contribution in [2.45, 2.75) is 20.4 Å². The van der Waals surface area contributed by atoms with Crippen LogP contribution in [0.4, 0.5) is 0 Å². The molecule has 4 rings (SSSR count). The standard InChI is InChI=1S/C13H14N.C12H12N.BrH.ClH/c1-12-7-5-6-10-14(12)11-13-8-3-2-4-9-13;1-11-7-5-6-10-13(11)12-8-3-2-4-9-12;;/h2-10H,11H2,1H3;2-10H,1H3;2*1H/q2*+1;;/p-2. The van der Waals surface area contributed by atoms with Crippen LogP contribution in [0.3, 0.4) is 0 Å². The van der Waals surface area contributed by atoms with Gasteiger partial charge in [-0.25, -0.2) is 0 Å². The second-order valence-corrected chi connectivity index (χ2v) is 6.50. The molecule has 0 saturated heterocycles. The molecule has 2 aromatic heterocycles. The smallest absolute Gasteiger partial charge is 0.210 e. The van der Waals surface area contributed by atoms with Crippen LogP contribution >= 0.6 is 0 Å². The number of halogens is 2. The van der Waals surface area contributed by atoms with Gasteiger partial charge in [-0.05, 0) is 0 Å². The summed E-state index contributed by atoms with van der Waals surface area (Å²) in [5, 5.41) is 0. The molecule has 4 heteroatoms. The molecule has 0 fully saturated rings. The Morgan fingerprint density at radius 2 is 1.10 bits per heavy atom. The van der Waals surface area contributed by atoms with Crippen LogP contribution in [-0.4, -0.2) is 0 Å². The van der Waals surface area contributed by atoms with Gasteiger partial charge >= 0.3 is 0 Å². The Morgan fingerprint density at radius 1 is 0.586 bits per heavy atom. The summed E-state index contributed by atoms with van der Waals surface area (Å²) in [6.45, 7) is 5.18. The van der Waals surface area contributed by atoms with Gasteiger partial charge in [-0.15, -0.1) is 0 Å². The summed E-state index contributed by atoms with van der Waals surface area (Å²) in [6, 6.07) is 33.3. The minimum atomic E-state index is 0. The largest absolute Gasteiger partial charge is 1.00 e. The predicted octanol–water partition coefficient (Wildman–Crippen LogP) is -1.39. The van der Waals surface area contributed by atoms with Crippen LogP contribution in [-0.2, 0) is 6.54 Å². The maximum Gasteiger partial charge on any atom is 0.210 e. The molecule has 0 saturated carbocycles. The summed E-state index contributed by atoms with van der Waals surface area (Å²) in [6.07, 6.45) is 4.19. The first-order valence-electron chi connectivity index (χ1n) is 9.26. The van der Waals surface area contributed by atoms with Gasteiger partial charge in [-0.3, -0.25) is 0 Å². The van der Waals surface area contributed by atoms with Gasteiger partial charge in [-0.2, -0.15) is 9.13 Å². The summed E-state index contributed by atoms with van der Waals surface area (Å²) in [5.74, 6) is 0. The SMILES string of the molecule is Cc1cccc[n+]1-c1ccccc1.Cc1cccc[n+]1Cc1ccccc1.[Br-].[Cl-]. The molecule has 0 unspecified atom stereocenters. The number of rotatable bonds is 3. The van der Waals surface area contributed by atoms with E-state index in [1.54, 1.807) is 0 Å². The fraction of sp³-hybridized carbons (Fsp3) is 0.120. The van der Waals surface area contributed by atoms with Crippen LogP contribution < -0.4 is 38.5 Å². The van der Waals surface area contributed by atoms with Crippen molar-refractivity contribution >= 4 is 0 Å². The molecule has 29 heavy (non-hydrogen) atoms. The lowest BCUT2D eigenvalue weighted by atomic mass is 10.2. The van der Waals surface area contributed by atoms with Crippen molar-refractivity contribution < 1.29 is 38.5 Å². The molecule has 0 spiro atoms. The van der Waals surface area contributed by atoms with Crippen molar-refractivity contribution in [3.05, 3.63) is 126 Å². The molecule has 2 nitrogen and oxygen atoms in total. The molecule has 0 aliphatic carbocycles. The third kappa shape index (κ3) is 7.45. The third-order valence-electron chi connectivity index (χ3n) is 4.46. The van der Waals surface area contributed by atoms with Gasteiger partial charge in [0.25, 0.3) is 0 Å². The molecule has 0 aliphatic rings. The summed E-state index contributed by atoms with van der Waals surface area (Å²) in [7, 11) is 0. The number of benzene rings is 2. The van der Waals surface area contributed by atoms with Crippen molar-refractivity contribution in [2.24, 2.45) is 0 Å². The highest BCUT2D eigenvalue weighted by molar-refractivity contribution is 5.22. The number of aryl methyl sites for hydroxylation is 2. The third-order valence-corrected chi connectivity index (χ3v) is 4.46. The molecule has 0 aliphatic heterocycles. The molecule has 2 heterocycles. The van der Waals surface area contributed by atoms with E-state index in [-0.39, 0.29) is 29.4 Å². The van der Waals surface area contributed by atoms with Crippen LogP contribution in [0.2, 0.25) is 0 Å². The van der Waals surface area contributed by atoms with Crippen LogP contribution in [0, 0.1) is 13.8 Å². The molecular formula is C25H26BrClN2. The van der Waals surface area contributed by atoms with Crippen molar-refractivity contribution in [2.75, 3.05) is 0 Å². The van der Waals surface area contributed by atoms with Crippen molar-refractivity contribution in [1.82, 2.24) is 0 Å². The lowest BCUT2D eigenvalue weighted by Crippen LogP contribution is -3.00. The summed E-state index contributed by atoms with van der Waals surface area (Å²) in [4.78, 5) is 0. The summed E-state index contributed by atoms with van der Waals surface area (Å²) in [5.41, 5.74) is 5.08. The van der Waals surface area contributed by atoms with Gasteiger partial charge in [0.1, 0.15) is 0 Å². The van der Waals surface area contributed by atoms with Gasteiger partial charge in [0.2, 0.25) is 5.69 Å². The van der Waals surface area contributed by atoms with Crippen LogP contribution in [0.1, 0.15) is 17.0 Å². The molecular weight excluding hydrogens is 444 g/mol. The number of hydrogen-bond donors (Lipinski definition) is 0. The maximum atomic E-state index is 2.25. The number of para-hydroxylation sites is 1. The van der Waals surface area contributed by atoms with Gasteiger partial charge in [0.15, 0.2) is 30.3 Å². The summed E-state index contributed by atoms with van der Waals surface area (Å²) >= 11 is 0. The molecule has 0 bridgehead atoms. The number of pyridine rings is 2. The fourth-order valence-corrected chi connectivity index (χ4v) is 2.93. The van der Waals surface area contributed by atoms with E-state index in [2.05, 4.69) is 114 Å². The van der Waals surface area contributed by atoms with Gasteiger partial charge < -0.3 is 29.4 Å². The predicted molar refractivity (Wildman–Crippen MR) is 110 cm³/mol. The Hall–Kier alpha value is -2.49. The molecule has 0 N–H and O–H groups in total. The zero-order chi connectivity index (χ0) is 18.9. The lowest BCUT2D eigenvalue weighted by Gasteiger charge is -1.99. The monoisotopic (exact) mass is 468 g/mol. The molecule has 150 valence electrons. The summed E-state index contributed by atoms with van der Waals surface area (Å²) < 4.78 is 4.41. The number of hydrogen-bond acceptors (Lipinski definition) is 0. The Balaban J connectivity index is 0.000000272. The van der Waals surface area contributed by atoms with E-state index in [0.717, 1.165) is 6.54 Å². The Morgan fingerprint density at radius 3 is 1.69 bits per heavy atom. The zero-order valence-corrected chi connectivity index (χ0v) is 19.1. The first-order valence-corrected chi connectivity index (χ1v) is 9.26. The number of nitrogens with zero attached hydrogens (tertiary/aromatic N) is 2. The van der Waals surface area contributed by atoms with Crippen molar-refractivity contribution in [3.8, 4) is 5.69 Å². The minimum Gasteiger partial charge on any atom is -1.00 e. The van der Waals surface area contributed by atoms with E-state index in [9.17, 15) is 0 Å². The average Bonchev–Trinajstić information content (AvgIpc) is 2.72. The van der Waals surface area contributed by atoms with E-state index < -0.39 is 0 Å².